The second-order valence-electron chi connectivity index (χ2n) is 2.60. The first kappa shape index (κ1) is 18.6. The Kier molecular flexibility index (Phi) is 14.5. The molecule has 17 heavy (non-hydrogen) atoms. The molecule has 0 saturated carbocycles. The number of hydrogen-bond donors (Lipinski definition) is 3. The van der Waals surface area contributed by atoms with Crippen molar-refractivity contribution < 1.29 is 19.3 Å². The molecule has 0 spiro atoms. The van der Waals surface area contributed by atoms with Gasteiger partial charge >= 0.3 is 0 Å². The van der Waals surface area contributed by atoms with Crippen LogP contribution in [0.3, 0.4) is 0 Å². The lowest BCUT2D eigenvalue weighted by Crippen LogP contribution is -2.21. The van der Waals surface area contributed by atoms with Gasteiger partial charge in [-0.3, -0.25) is 0 Å². The van der Waals surface area contributed by atoms with Crippen molar-refractivity contribution in [2.24, 2.45) is 0 Å². The summed E-state index contributed by atoms with van der Waals surface area (Å²) in [6.07, 6.45) is 0.796. The Hall–Kier alpha value is -0.780. The van der Waals surface area contributed by atoms with Crippen molar-refractivity contribution in [3.8, 4) is 5.75 Å². The maximum absolute atomic E-state index is 12.4. The number of thiol groups is 1. The molecule has 0 heterocycles. The van der Waals surface area contributed by atoms with Crippen molar-refractivity contribution in [1.29, 1.82) is 0 Å². The molecule has 1 atom stereocenters. The standard InChI is InChI=1S/C9H11FO3.C2H6.CH4S/c10-7-1-3-9(4-2-7)13-6-8(12)5-11;2*1-2/h1-4,8,11-12H,5-6H2;1-2H3;2H,1H3/t8-;;/m1../s1. The molecule has 0 aliphatic carbocycles. The van der Waals surface area contributed by atoms with Crippen LogP contribution in [0.25, 0.3) is 0 Å². The largest absolute Gasteiger partial charge is 0.491 e. The van der Waals surface area contributed by atoms with Crippen molar-refractivity contribution in [2.75, 3.05) is 19.5 Å². The summed E-state index contributed by atoms with van der Waals surface area (Å²) in [4.78, 5) is 0. The van der Waals surface area contributed by atoms with E-state index in [-0.39, 0.29) is 19.0 Å². The summed E-state index contributed by atoms with van der Waals surface area (Å²) >= 11 is 3.53. The molecule has 0 radical (unpaired) electrons. The van der Waals surface area contributed by atoms with Gasteiger partial charge in [-0.15, -0.1) is 0 Å². The van der Waals surface area contributed by atoms with Crippen LogP contribution in [0, 0.1) is 5.82 Å². The molecule has 0 saturated heterocycles. The fourth-order valence-corrected chi connectivity index (χ4v) is 0.776. The minimum atomic E-state index is -0.898. The molecule has 1 aromatic carbocycles. The number of rotatable bonds is 4. The van der Waals surface area contributed by atoms with Gasteiger partial charge in [0.25, 0.3) is 0 Å². The molecule has 0 unspecified atom stereocenters. The first-order chi connectivity index (χ1) is 8.22. The van der Waals surface area contributed by atoms with Crippen LogP contribution in [0.1, 0.15) is 13.8 Å². The molecule has 0 fully saturated rings. The Morgan fingerprint density at radius 3 is 2.12 bits per heavy atom. The van der Waals surface area contributed by atoms with E-state index in [4.69, 9.17) is 14.9 Å². The average Bonchev–Trinajstić information content (AvgIpc) is 2.42. The third kappa shape index (κ3) is 10.1. The number of benzene rings is 1. The zero-order valence-corrected chi connectivity index (χ0v) is 11.3. The molecule has 1 aromatic rings. The second-order valence-corrected chi connectivity index (χ2v) is 2.60. The minimum absolute atomic E-state index is 0.00212. The van der Waals surface area contributed by atoms with Crippen molar-refractivity contribution in [1.82, 2.24) is 0 Å². The van der Waals surface area contributed by atoms with Crippen LogP contribution in [0.4, 0.5) is 4.39 Å². The summed E-state index contributed by atoms with van der Waals surface area (Å²) < 4.78 is 17.4. The van der Waals surface area contributed by atoms with Gasteiger partial charge in [-0.05, 0) is 30.5 Å². The van der Waals surface area contributed by atoms with E-state index in [9.17, 15) is 4.39 Å². The van der Waals surface area contributed by atoms with Crippen LogP contribution in [0.5, 0.6) is 5.75 Å². The predicted molar refractivity (Wildman–Crippen MR) is 71.2 cm³/mol. The van der Waals surface area contributed by atoms with Crippen molar-refractivity contribution in [3.63, 3.8) is 0 Å². The molecule has 100 valence electrons. The summed E-state index contributed by atoms with van der Waals surface area (Å²) in [7, 11) is 0. The van der Waals surface area contributed by atoms with E-state index in [1.54, 1.807) is 6.26 Å². The summed E-state index contributed by atoms with van der Waals surface area (Å²) in [5.41, 5.74) is 0. The van der Waals surface area contributed by atoms with E-state index in [0.717, 1.165) is 0 Å². The van der Waals surface area contributed by atoms with Crippen LogP contribution >= 0.6 is 12.6 Å². The molecular weight excluding hydrogens is 243 g/mol. The molecule has 2 N–H and O–H groups in total. The molecule has 0 aromatic heterocycles. The highest BCUT2D eigenvalue weighted by atomic mass is 32.1. The number of hydrogen-bond acceptors (Lipinski definition) is 4. The quantitative estimate of drug-likeness (QED) is 0.730. The molecule has 1 rings (SSSR count). The van der Waals surface area contributed by atoms with Crippen LogP contribution in [-0.4, -0.2) is 35.8 Å². The van der Waals surface area contributed by atoms with Gasteiger partial charge in [0.05, 0.1) is 6.61 Å². The van der Waals surface area contributed by atoms with E-state index in [1.807, 2.05) is 13.8 Å². The Morgan fingerprint density at radius 1 is 1.24 bits per heavy atom. The van der Waals surface area contributed by atoms with Gasteiger partial charge in [0.1, 0.15) is 24.3 Å². The van der Waals surface area contributed by atoms with E-state index < -0.39 is 6.10 Å². The van der Waals surface area contributed by atoms with Gasteiger partial charge in [0.15, 0.2) is 0 Å². The molecule has 0 bridgehead atoms. The van der Waals surface area contributed by atoms with E-state index in [0.29, 0.717) is 5.75 Å². The van der Waals surface area contributed by atoms with Gasteiger partial charge in [-0.1, -0.05) is 13.8 Å². The Labute approximate surface area is 108 Å². The third-order valence-corrected chi connectivity index (χ3v) is 1.47. The first-order valence-electron chi connectivity index (χ1n) is 5.34. The summed E-state index contributed by atoms with van der Waals surface area (Å²) in [6, 6.07) is 5.44. The average molecular weight is 264 g/mol. The Morgan fingerprint density at radius 2 is 1.71 bits per heavy atom. The third-order valence-electron chi connectivity index (χ3n) is 1.47. The highest BCUT2D eigenvalue weighted by Gasteiger charge is 2.02. The van der Waals surface area contributed by atoms with Crippen LogP contribution in [-0.2, 0) is 0 Å². The molecule has 0 aliphatic rings. The molecule has 0 amide bonds. The smallest absolute Gasteiger partial charge is 0.123 e. The fraction of sp³-hybridized carbons (Fsp3) is 0.500. The maximum atomic E-state index is 12.4. The van der Waals surface area contributed by atoms with E-state index >= 15 is 0 Å². The van der Waals surface area contributed by atoms with Crippen LogP contribution < -0.4 is 4.74 Å². The van der Waals surface area contributed by atoms with Gasteiger partial charge in [0.2, 0.25) is 0 Å². The van der Waals surface area contributed by atoms with Gasteiger partial charge in [-0.25, -0.2) is 4.39 Å². The van der Waals surface area contributed by atoms with Crippen molar-refractivity contribution >= 4 is 12.6 Å². The number of aliphatic hydroxyl groups excluding tert-OH is 2. The van der Waals surface area contributed by atoms with Gasteiger partial charge < -0.3 is 14.9 Å². The predicted octanol–water partition coefficient (Wildman–Crippen LogP) is 2.13. The maximum Gasteiger partial charge on any atom is 0.123 e. The monoisotopic (exact) mass is 264 g/mol. The molecule has 0 aliphatic heterocycles. The van der Waals surface area contributed by atoms with Crippen molar-refractivity contribution in [3.05, 3.63) is 30.1 Å². The van der Waals surface area contributed by atoms with E-state index in [1.165, 1.54) is 24.3 Å². The van der Waals surface area contributed by atoms with Crippen molar-refractivity contribution in [2.45, 2.75) is 20.0 Å². The lowest BCUT2D eigenvalue weighted by molar-refractivity contribution is 0.0536. The van der Waals surface area contributed by atoms with Gasteiger partial charge in [0, 0.05) is 0 Å². The number of halogens is 1. The normalized spacial score (nSPS) is 10.3. The number of ether oxygens (including phenoxy) is 1. The summed E-state index contributed by atoms with van der Waals surface area (Å²) in [5, 5.41) is 17.4. The Bertz CT molecular complexity index is 254. The van der Waals surface area contributed by atoms with Gasteiger partial charge in [-0.2, -0.15) is 12.6 Å². The summed E-state index contributed by atoms with van der Waals surface area (Å²) in [5.74, 6) is 0.129. The SMILES string of the molecule is CC.CS.OC[C@@H](O)COc1ccc(F)cc1. The highest BCUT2D eigenvalue weighted by molar-refractivity contribution is 7.79. The Balaban J connectivity index is 0. The lowest BCUT2D eigenvalue weighted by Gasteiger charge is -2.09. The molecule has 3 nitrogen and oxygen atoms in total. The zero-order valence-electron chi connectivity index (χ0n) is 10.4. The second kappa shape index (κ2) is 13.3. The summed E-state index contributed by atoms with van der Waals surface area (Å²) in [6.45, 7) is 3.66. The topological polar surface area (TPSA) is 49.7 Å². The first-order valence-corrected chi connectivity index (χ1v) is 6.24. The van der Waals surface area contributed by atoms with Crippen LogP contribution in [0.2, 0.25) is 0 Å². The minimum Gasteiger partial charge on any atom is -0.491 e. The fourth-order valence-electron chi connectivity index (χ4n) is 0.776. The van der Waals surface area contributed by atoms with Crippen LogP contribution in [0.15, 0.2) is 24.3 Å². The molecule has 5 heteroatoms. The molecular formula is C12H21FO3S. The van der Waals surface area contributed by atoms with E-state index in [2.05, 4.69) is 12.6 Å². The number of aliphatic hydroxyl groups is 2. The zero-order chi connectivity index (χ0) is 13.7. The lowest BCUT2D eigenvalue weighted by atomic mass is 10.3. The highest BCUT2D eigenvalue weighted by Crippen LogP contribution is 2.10.